The third-order valence-electron chi connectivity index (χ3n) is 4.06. The van der Waals surface area contributed by atoms with Gasteiger partial charge in [0.05, 0.1) is 22.0 Å². The van der Waals surface area contributed by atoms with E-state index in [0.29, 0.717) is 29.8 Å². The van der Waals surface area contributed by atoms with Gasteiger partial charge >= 0.3 is 0 Å². The van der Waals surface area contributed by atoms with Crippen molar-refractivity contribution in [3.05, 3.63) is 46.1 Å². The first-order valence-corrected chi connectivity index (χ1v) is 7.40. The van der Waals surface area contributed by atoms with Gasteiger partial charge in [-0.05, 0) is 30.0 Å². The molecule has 0 fully saturated rings. The van der Waals surface area contributed by atoms with Gasteiger partial charge in [-0.1, -0.05) is 6.07 Å². The molecule has 2 aromatic rings. The topological polar surface area (TPSA) is 106 Å². The van der Waals surface area contributed by atoms with Gasteiger partial charge in [0.1, 0.15) is 0 Å². The number of thiophene rings is 1. The number of nitrogens with zero attached hydrogens (tertiary/aromatic N) is 2. The molecule has 6 heteroatoms. The van der Waals surface area contributed by atoms with E-state index in [1.807, 2.05) is 12.1 Å². The summed E-state index contributed by atoms with van der Waals surface area (Å²) in [6, 6.07) is 6.20. The number of hydrogen-bond donors (Lipinski definition) is 2. The van der Waals surface area contributed by atoms with Crippen LogP contribution in [0.25, 0.3) is 0 Å². The molecule has 0 spiro atoms. The van der Waals surface area contributed by atoms with E-state index >= 15 is 0 Å². The van der Waals surface area contributed by atoms with Crippen LogP contribution in [0.2, 0.25) is 0 Å². The molecule has 0 bridgehead atoms. The number of amides is 1. The standard InChI is InChI=1S/C15H14N4OS/c16-8-15(9-2-1-5-19-7-9)4-3-10-11(6-15)21-14(18)12(10)13(17)20/h1-2,5,7H,3-4,6,18H2,(H2,17,20). The van der Waals surface area contributed by atoms with Crippen molar-refractivity contribution in [2.24, 2.45) is 5.73 Å². The number of hydrogen-bond acceptors (Lipinski definition) is 5. The predicted octanol–water partition coefficient (Wildman–Crippen LogP) is 1.77. The summed E-state index contributed by atoms with van der Waals surface area (Å²) >= 11 is 1.36. The van der Waals surface area contributed by atoms with Gasteiger partial charge in [-0.25, -0.2) is 0 Å². The Kier molecular flexibility index (Phi) is 3.15. The fourth-order valence-electron chi connectivity index (χ4n) is 2.96. The number of anilines is 1. The van der Waals surface area contributed by atoms with E-state index in [1.54, 1.807) is 12.4 Å². The van der Waals surface area contributed by atoms with Crippen molar-refractivity contribution in [1.82, 2.24) is 4.98 Å². The van der Waals surface area contributed by atoms with E-state index in [1.165, 1.54) is 11.3 Å². The van der Waals surface area contributed by atoms with E-state index in [2.05, 4.69) is 11.1 Å². The number of carbonyl (C=O) groups is 1. The molecule has 21 heavy (non-hydrogen) atoms. The highest BCUT2D eigenvalue weighted by Crippen LogP contribution is 2.44. The van der Waals surface area contributed by atoms with Crippen LogP contribution in [0.15, 0.2) is 24.5 Å². The molecule has 0 aliphatic heterocycles. The van der Waals surface area contributed by atoms with Crippen LogP contribution in [0.4, 0.5) is 5.00 Å². The van der Waals surface area contributed by atoms with E-state index in [9.17, 15) is 10.1 Å². The van der Waals surface area contributed by atoms with Crippen LogP contribution in [-0.4, -0.2) is 10.9 Å². The van der Waals surface area contributed by atoms with Crippen molar-refractivity contribution in [2.75, 3.05) is 5.73 Å². The molecule has 106 valence electrons. The molecule has 5 nitrogen and oxygen atoms in total. The SMILES string of the molecule is N#CC1(c2cccnc2)CCc2c(sc(N)c2C(N)=O)C1. The van der Waals surface area contributed by atoms with Crippen LogP contribution in [0, 0.1) is 11.3 Å². The van der Waals surface area contributed by atoms with Crippen molar-refractivity contribution in [3.8, 4) is 6.07 Å². The monoisotopic (exact) mass is 298 g/mol. The maximum absolute atomic E-state index is 11.5. The summed E-state index contributed by atoms with van der Waals surface area (Å²) in [6.07, 6.45) is 5.24. The number of aromatic nitrogens is 1. The second-order valence-corrected chi connectivity index (χ2v) is 6.36. The van der Waals surface area contributed by atoms with Crippen molar-refractivity contribution < 1.29 is 4.79 Å². The number of nitrogen functional groups attached to an aromatic ring is 1. The number of fused-ring (bicyclic) bond motifs is 1. The summed E-state index contributed by atoms with van der Waals surface area (Å²) in [6.45, 7) is 0. The first-order chi connectivity index (χ1) is 10.1. The molecule has 0 radical (unpaired) electrons. The van der Waals surface area contributed by atoms with Gasteiger partial charge in [0.2, 0.25) is 0 Å². The van der Waals surface area contributed by atoms with E-state index in [4.69, 9.17) is 11.5 Å². The van der Waals surface area contributed by atoms with Crippen molar-refractivity contribution in [1.29, 1.82) is 5.26 Å². The number of rotatable bonds is 2. The Labute approximate surface area is 126 Å². The van der Waals surface area contributed by atoms with Gasteiger partial charge in [0.25, 0.3) is 5.91 Å². The van der Waals surface area contributed by atoms with Gasteiger partial charge in [0, 0.05) is 23.7 Å². The maximum Gasteiger partial charge on any atom is 0.251 e. The van der Waals surface area contributed by atoms with E-state index in [0.717, 1.165) is 16.0 Å². The Balaban J connectivity index is 2.07. The zero-order valence-electron chi connectivity index (χ0n) is 11.3. The highest BCUT2D eigenvalue weighted by atomic mass is 32.1. The Morgan fingerprint density at radius 1 is 1.52 bits per heavy atom. The highest BCUT2D eigenvalue weighted by molar-refractivity contribution is 7.16. The molecule has 2 heterocycles. The summed E-state index contributed by atoms with van der Waals surface area (Å²) in [7, 11) is 0. The first-order valence-electron chi connectivity index (χ1n) is 6.59. The Morgan fingerprint density at radius 2 is 2.33 bits per heavy atom. The summed E-state index contributed by atoms with van der Waals surface area (Å²) in [5.74, 6) is -0.490. The van der Waals surface area contributed by atoms with Gasteiger partial charge in [-0.2, -0.15) is 5.26 Å². The molecule has 2 aromatic heterocycles. The van der Waals surface area contributed by atoms with Crippen LogP contribution >= 0.6 is 11.3 Å². The molecular weight excluding hydrogens is 284 g/mol. The lowest BCUT2D eigenvalue weighted by Gasteiger charge is -2.31. The third-order valence-corrected chi connectivity index (χ3v) is 5.12. The minimum absolute atomic E-state index is 0.438. The fourth-order valence-corrected chi connectivity index (χ4v) is 4.20. The van der Waals surface area contributed by atoms with Gasteiger partial charge in [-0.3, -0.25) is 9.78 Å². The second kappa shape index (κ2) is 4.86. The molecule has 0 saturated heterocycles. The number of nitriles is 1. The minimum Gasteiger partial charge on any atom is -0.390 e. The van der Waals surface area contributed by atoms with Gasteiger partial charge in [0.15, 0.2) is 0 Å². The van der Waals surface area contributed by atoms with E-state index < -0.39 is 11.3 Å². The zero-order chi connectivity index (χ0) is 15.0. The largest absolute Gasteiger partial charge is 0.390 e. The first kappa shape index (κ1) is 13.6. The molecule has 1 unspecified atom stereocenters. The summed E-state index contributed by atoms with van der Waals surface area (Å²) in [5.41, 5.74) is 13.0. The van der Waals surface area contributed by atoms with Crippen LogP contribution < -0.4 is 11.5 Å². The van der Waals surface area contributed by atoms with Crippen LogP contribution in [0.5, 0.6) is 0 Å². The van der Waals surface area contributed by atoms with Crippen LogP contribution in [0.3, 0.4) is 0 Å². The number of pyridine rings is 1. The Hall–Kier alpha value is -2.39. The van der Waals surface area contributed by atoms with Crippen molar-refractivity contribution in [2.45, 2.75) is 24.7 Å². The molecular formula is C15H14N4OS. The quantitative estimate of drug-likeness (QED) is 0.881. The normalized spacial score (nSPS) is 20.5. The summed E-state index contributed by atoms with van der Waals surface area (Å²) < 4.78 is 0. The average Bonchev–Trinajstić information content (AvgIpc) is 2.82. The highest BCUT2D eigenvalue weighted by Gasteiger charge is 2.39. The number of primary amides is 1. The third kappa shape index (κ3) is 2.06. The molecule has 3 rings (SSSR count). The molecule has 1 amide bonds. The molecule has 1 aliphatic carbocycles. The fraction of sp³-hybridized carbons (Fsp3) is 0.267. The van der Waals surface area contributed by atoms with Crippen molar-refractivity contribution in [3.63, 3.8) is 0 Å². The van der Waals surface area contributed by atoms with Crippen molar-refractivity contribution >= 4 is 22.2 Å². The van der Waals surface area contributed by atoms with Gasteiger partial charge < -0.3 is 11.5 Å². The van der Waals surface area contributed by atoms with E-state index in [-0.39, 0.29) is 0 Å². The Bertz CT molecular complexity index is 747. The second-order valence-electron chi connectivity index (χ2n) is 5.22. The minimum atomic E-state index is -0.604. The average molecular weight is 298 g/mol. The molecule has 1 atom stereocenters. The maximum atomic E-state index is 11.5. The predicted molar refractivity (Wildman–Crippen MR) is 80.8 cm³/mol. The summed E-state index contributed by atoms with van der Waals surface area (Å²) in [4.78, 5) is 16.6. The number of nitrogens with two attached hydrogens (primary N) is 2. The Morgan fingerprint density at radius 3 is 2.95 bits per heavy atom. The smallest absolute Gasteiger partial charge is 0.251 e. The van der Waals surface area contributed by atoms with Crippen LogP contribution in [0.1, 0.15) is 32.8 Å². The summed E-state index contributed by atoms with van der Waals surface area (Å²) in [5, 5.41) is 10.2. The lowest BCUT2D eigenvalue weighted by atomic mass is 9.71. The van der Waals surface area contributed by atoms with Gasteiger partial charge in [-0.15, -0.1) is 11.3 Å². The zero-order valence-corrected chi connectivity index (χ0v) is 12.1. The molecule has 0 saturated carbocycles. The van der Waals surface area contributed by atoms with Crippen LogP contribution in [-0.2, 0) is 18.3 Å². The number of carbonyl (C=O) groups excluding carboxylic acids is 1. The molecule has 4 N–H and O–H groups in total. The molecule has 1 aliphatic rings. The molecule has 0 aromatic carbocycles. The lowest BCUT2D eigenvalue weighted by Crippen LogP contribution is -2.32. The lowest BCUT2D eigenvalue weighted by molar-refractivity contribution is 0.100.